The zero-order valence-electron chi connectivity index (χ0n) is 15.0. The van der Waals surface area contributed by atoms with E-state index in [9.17, 15) is 14.0 Å². The third kappa shape index (κ3) is 4.98. The van der Waals surface area contributed by atoms with Gasteiger partial charge in [-0.2, -0.15) is 0 Å². The van der Waals surface area contributed by atoms with Crippen molar-refractivity contribution in [2.45, 2.75) is 13.3 Å². The first-order valence-corrected chi connectivity index (χ1v) is 9.14. The van der Waals surface area contributed by atoms with Gasteiger partial charge in [0.15, 0.2) is 0 Å². The Morgan fingerprint density at radius 1 is 1.07 bits per heavy atom. The maximum Gasteiger partial charge on any atom is 0.233 e. The monoisotopic (exact) mass is 389 g/mol. The SMILES string of the molecule is Cc1ccc(Cl)cc1NC(=O)CC(=O)N1CCN(c2ccc(F)cc2)CC1. The van der Waals surface area contributed by atoms with Gasteiger partial charge in [0, 0.05) is 42.6 Å². The molecule has 0 radical (unpaired) electrons. The van der Waals surface area contributed by atoms with Gasteiger partial charge >= 0.3 is 0 Å². The lowest BCUT2D eigenvalue weighted by Gasteiger charge is -2.36. The number of nitrogens with zero attached hydrogens (tertiary/aromatic N) is 2. The zero-order valence-corrected chi connectivity index (χ0v) is 15.8. The third-order valence-electron chi connectivity index (χ3n) is 4.61. The third-order valence-corrected chi connectivity index (χ3v) is 4.84. The first kappa shape index (κ1) is 19.2. The molecule has 0 spiro atoms. The molecule has 0 bridgehead atoms. The van der Waals surface area contributed by atoms with Crippen molar-refractivity contribution in [2.75, 3.05) is 36.4 Å². The summed E-state index contributed by atoms with van der Waals surface area (Å²) in [4.78, 5) is 28.4. The molecular weight excluding hydrogens is 369 g/mol. The van der Waals surface area contributed by atoms with Crippen molar-refractivity contribution in [2.24, 2.45) is 0 Å². The van der Waals surface area contributed by atoms with E-state index in [-0.39, 0.29) is 24.1 Å². The molecule has 1 saturated heterocycles. The van der Waals surface area contributed by atoms with Crippen LogP contribution in [0.3, 0.4) is 0 Å². The summed E-state index contributed by atoms with van der Waals surface area (Å²) in [5, 5.41) is 3.27. The fraction of sp³-hybridized carbons (Fsp3) is 0.300. The summed E-state index contributed by atoms with van der Waals surface area (Å²) in [5.41, 5.74) is 2.42. The second kappa shape index (κ2) is 8.39. The summed E-state index contributed by atoms with van der Waals surface area (Å²) in [5.74, 6) is -0.828. The van der Waals surface area contributed by atoms with Crippen molar-refractivity contribution in [3.63, 3.8) is 0 Å². The molecule has 1 fully saturated rings. The van der Waals surface area contributed by atoms with Crippen LogP contribution in [0.1, 0.15) is 12.0 Å². The number of amides is 2. The molecule has 5 nitrogen and oxygen atoms in total. The van der Waals surface area contributed by atoms with E-state index >= 15 is 0 Å². The summed E-state index contributed by atoms with van der Waals surface area (Å²) in [7, 11) is 0. The number of carbonyl (C=O) groups excluding carboxylic acids is 2. The van der Waals surface area contributed by atoms with E-state index in [4.69, 9.17) is 11.6 Å². The maximum atomic E-state index is 13.0. The largest absolute Gasteiger partial charge is 0.368 e. The van der Waals surface area contributed by atoms with Gasteiger partial charge < -0.3 is 15.1 Å². The summed E-state index contributed by atoms with van der Waals surface area (Å²) < 4.78 is 13.0. The molecule has 0 unspecified atom stereocenters. The quantitative estimate of drug-likeness (QED) is 0.815. The van der Waals surface area contributed by atoms with E-state index in [1.165, 1.54) is 12.1 Å². The molecule has 2 amide bonds. The predicted octanol–water partition coefficient (Wildman–Crippen LogP) is 3.46. The van der Waals surface area contributed by atoms with E-state index in [1.807, 2.05) is 13.0 Å². The lowest BCUT2D eigenvalue weighted by atomic mass is 10.2. The fourth-order valence-corrected chi connectivity index (χ4v) is 3.21. The van der Waals surface area contributed by atoms with Crippen molar-refractivity contribution in [3.8, 4) is 0 Å². The Bertz CT molecular complexity index is 834. The van der Waals surface area contributed by atoms with Gasteiger partial charge in [0.2, 0.25) is 11.8 Å². The molecule has 2 aromatic rings. The minimum absolute atomic E-state index is 0.203. The second-order valence-electron chi connectivity index (χ2n) is 6.53. The Labute approximate surface area is 162 Å². The summed E-state index contributed by atoms with van der Waals surface area (Å²) in [6.07, 6.45) is -0.206. The lowest BCUT2D eigenvalue weighted by molar-refractivity contribution is -0.134. The van der Waals surface area contributed by atoms with Crippen LogP contribution in [0, 0.1) is 12.7 Å². The normalized spacial score (nSPS) is 14.2. The van der Waals surface area contributed by atoms with Crippen molar-refractivity contribution >= 4 is 34.8 Å². The Kier molecular flexibility index (Phi) is 5.96. The van der Waals surface area contributed by atoms with Crippen molar-refractivity contribution < 1.29 is 14.0 Å². The highest BCUT2D eigenvalue weighted by Crippen LogP contribution is 2.21. The molecule has 0 saturated carbocycles. The number of piperazine rings is 1. The number of carbonyl (C=O) groups is 2. The zero-order chi connectivity index (χ0) is 19.4. The number of anilines is 2. The Balaban J connectivity index is 1.51. The standard InChI is InChI=1S/C20H21ClFN3O2/c1-14-2-3-15(21)12-18(14)23-19(26)13-20(27)25-10-8-24(9-11-25)17-6-4-16(22)5-7-17/h2-7,12H,8-11,13H2,1H3,(H,23,26). The first-order chi connectivity index (χ1) is 12.9. The van der Waals surface area contributed by atoms with Crippen LogP contribution in [0.2, 0.25) is 5.02 Å². The molecule has 3 rings (SSSR count). The number of nitrogens with one attached hydrogen (secondary N) is 1. The molecule has 1 N–H and O–H groups in total. The van der Waals surface area contributed by atoms with Crippen LogP contribution in [0.5, 0.6) is 0 Å². The van der Waals surface area contributed by atoms with Gasteiger partial charge in [-0.3, -0.25) is 9.59 Å². The first-order valence-electron chi connectivity index (χ1n) is 8.76. The van der Waals surface area contributed by atoms with Gasteiger partial charge in [-0.25, -0.2) is 4.39 Å². The number of halogens is 2. The van der Waals surface area contributed by atoms with E-state index in [2.05, 4.69) is 10.2 Å². The Morgan fingerprint density at radius 2 is 1.74 bits per heavy atom. The second-order valence-corrected chi connectivity index (χ2v) is 6.96. The van der Waals surface area contributed by atoms with Crippen LogP contribution >= 0.6 is 11.6 Å². The summed E-state index contributed by atoms with van der Waals surface area (Å²) in [6.45, 7) is 4.21. The predicted molar refractivity (Wildman–Crippen MR) is 105 cm³/mol. The van der Waals surface area contributed by atoms with Crippen molar-refractivity contribution in [3.05, 3.63) is 58.9 Å². The number of rotatable bonds is 4. The molecule has 27 heavy (non-hydrogen) atoms. The molecule has 1 aliphatic heterocycles. The van der Waals surface area contributed by atoms with Crippen LogP contribution < -0.4 is 10.2 Å². The van der Waals surface area contributed by atoms with Crippen LogP contribution in [0.25, 0.3) is 0 Å². The molecule has 0 aromatic heterocycles. The van der Waals surface area contributed by atoms with Crippen molar-refractivity contribution in [1.29, 1.82) is 0 Å². The fourth-order valence-electron chi connectivity index (χ4n) is 3.04. The number of aryl methyl sites for hydroxylation is 1. The molecule has 2 aromatic carbocycles. The van der Waals surface area contributed by atoms with Crippen LogP contribution in [0.4, 0.5) is 15.8 Å². The summed E-state index contributed by atoms with van der Waals surface area (Å²) in [6, 6.07) is 11.5. The molecule has 1 aliphatic rings. The number of hydrogen-bond donors (Lipinski definition) is 1. The minimum atomic E-state index is -0.355. The Hall–Kier alpha value is -2.60. The molecule has 7 heteroatoms. The average Bonchev–Trinajstić information content (AvgIpc) is 2.65. The smallest absolute Gasteiger partial charge is 0.233 e. The molecular formula is C20H21ClFN3O2. The van der Waals surface area contributed by atoms with E-state index in [0.29, 0.717) is 36.9 Å². The van der Waals surface area contributed by atoms with Gasteiger partial charge in [-0.1, -0.05) is 17.7 Å². The van der Waals surface area contributed by atoms with Crippen molar-refractivity contribution in [1.82, 2.24) is 4.90 Å². The van der Waals surface area contributed by atoms with Gasteiger partial charge in [0.1, 0.15) is 12.2 Å². The topological polar surface area (TPSA) is 52.7 Å². The highest BCUT2D eigenvalue weighted by Gasteiger charge is 2.23. The highest BCUT2D eigenvalue weighted by molar-refractivity contribution is 6.31. The molecule has 0 aliphatic carbocycles. The van der Waals surface area contributed by atoms with Crippen LogP contribution in [-0.4, -0.2) is 42.9 Å². The Morgan fingerprint density at radius 3 is 2.41 bits per heavy atom. The van der Waals surface area contributed by atoms with Gasteiger partial charge in [-0.05, 0) is 48.9 Å². The molecule has 142 valence electrons. The van der Waals surface area contributed by atoms with E-state index in [1.54, 1.807) is 29.2 Å². The van der Waals surface area contributed by atoms with Gasteiger partial charge in [0.05, 0.1) is 0 Å². The maximum absolute atomic E-state index is 13.0. The molecule has 0 atom stereocenters. The number of hydrogen-bond acceptors (Lipinski definition) is 3. The lowest BCUT2D eigenvalue weighted by Crippen LogP contribution is -2.49. The average molecular weight is 390 g/mol. The van der Waals surface area contributed by atoms with Crippen LogP contribution in [-0.2, 0) is 9.59 Å². The van der Waals surface area contributed by atoms with Gasteiger partial charge in [-0.15, -0.1) is 0 Å². The van der Waals surface area contributed by atoms with E-state index < -0.39 is 0 Å². The minimum Gasteiger partial charge on any atom is -0.368 e. The highest BCUT2D eigenvalue weighted by atomic mass is 35.5. The molecule has 1 heterocycles. The summed E-state index contributed by atoms with van der Waals surface area (Å²) >= 11 is 5.95. The van der Waals surface area contributed by atoms with Gasteiger partial charge in [0.25, 0.3) is 0 Å². The number of benzene rings is 2. The van der Waals surface area contributed by atoms with E-state index in [0.717, 1.165) is 11.3 Å². The van der Waals surface area contributed by atoms with Crippen LogP contribution in [0.15, 0.2) is 42.5 Å².